The fourth-order valence-electron chi connectivity index (χ4n) is 3.38. The van der Waals surface area contributed by atoms with Crippen LogP contribution in [0.25, 0.3) is 0 Å². The van der Waals surface area contributed by atoms with Crippen LogP contribution in [0.15, 0.2) is 12.1 Å². The number of carbonyl (C=O) groups excluding carboxylic acids is 1. The maximum atomic E-state index is 11.6. The van der Waals surface area contributed by atoms with E-state index < -0.39 is 30.4 Å². The van der Waals surface area contributed by atoms with Crippen LogP contribution in [-0.4, -0.2) is 116 Å². The van der Waals surface area contributed by atoms with Crippen LogP contribution in [0.2, 0.25) is 0 Å². The molecule has 2 rings (SSSR count). The first kappa shape index (κ1) is 25.1. The number of fused-ring (bicyclic) bond motifs is 2. The average molecular weight is 453 g/mol. The molecule has 2 heterocycles. The topological polar surface area (TPSA) is 184 Å². The van der Waals surface area contributed by atoms with Gasteiger partial charge in [-0.25, -0.2) is 0 Å². The predicted octanol–water partition coefficient (Wildman–Crippen LogP) is -1.81. The summed E-state index contributed by atoms with van der Waals surface area (Å²) in [6.07, 6.45) is 0. The maximum Gasteiger partial charge on any atom is 0.317 e. The van der Waals surface area contributed by atoms with Gasteiger partial charge < -0.3 is 25.7 Å². The van der Waals surface area contributed by atoms with Crippen molar-refractivity contribution in [2.24, 2.45) is 0 Å². The molecule has 0 aromatic carbocycles. The molecule has 0 radical (unpaired) electrons. The van der Waals surface area contributed by atoms with Gasteiger partial charge in [0.25, 0.3) is 0 Å². The van der Waals surface area contributed by atoms with Gasteiger partial charge >= 0.3 is 17.9 Å². The molecule has 176 valence electrons. The Labute approximate surface area is 183 Å². The molecule has 0 aliphatic carbocycles. The fourth-order valence-corrected chi connectivity index (χ4v) is 3.38. The number of hydrogen-bond acceptors (Lipinski definition) is 9. The minimum Gasteiger partial charge on any atom is -0.480 e. The van der Waals surface area contributed by atoms with Crippen molar-refractivity contribution in [2.45, 2.75) is 13.1 Å². The average Bonchev–Trinajstić information content (AvgIpc) is 2.67. The van der Waals surface area contributed by atoms with Crippen molar-refractivity contribution < 1.29 is 39.6 Å². The first-order valence-corrected chi connectivity index (χ1v) is 9.87. The molecule has 0 spiro atoms. The molecule has 1 amide bonds. The van der Waals surface area contributed by atoms with Gasteiger partial charge in [0.1, 0.15) is 6.61 Å². The number of nitrogens with one attached hydrogen (secondary N) is 1. The third kappa shape index (κ3) is 8.93. The second kappa shape index (κ2) is 12.0. The molecule has 0 saturated heterocycles. The van der Waals surface area contributed by atoms with Crippen LogP contribution >= 0.6 is 0 Å². The Morgan fingerprint density at radius 3 is 1.59 bits per heavy atom. The third-order valence-corrected chi connectivity index (χ3v) is 4.67. The number of carboxylic acids is 3. The van der Waals surface area contributed by atoms with E-state index in [2.05, 4.69) is 10.3 Å². The number of carboxylic acid groups (broad SMARTS) is 3. The third-order valence-electron chi connectivity index (χ3n) is 4.67. The first-order valence-electron chi connectivity index (χ1n) is 9.87. The van der Waals surface area contributed by atoms with Crippen molar-refractivity contribution in [1.82, 2.24) is 19.7 Å². The van der Waals surface area contributed by atoms with E-state index in [-0.39, 0.29) is 58.9 Å². The Kier molecular flexibility index (Phi) is 9.46. The number of hydrogen-bond donors (Lipinski definition) is 5. The zero-order valence-corrected chi connectivity index (χ0v) is 17.4. The number of carbonyl (C=O) groups is 4. The van der Waals surface area contributed by atoms with Crippen molar-refractivity contribution in [3.8, 4) is 0 Å². The molecular weight excluding hydrogens is 426 g/mol. The largest absolute Gasteiger partial charge is 0.480 e. The van der Waals surface area contributed by atoms with Crippen LogP contribution in [0, 0.1) is 0 Å². The van der Waals surface area contributed by atoms with Gasteiger partial charge in [-0.1, -0.05) is 0 Å². The monoisotopic (exact) mass is 453 g/mol. The van der Waals surface area contributed by atoms with Crippen molar-refractivity contribution in [2.75, 3.05) is 57.7 Å². The highest BCUT2D eigenvalue weighted by Gasteiger charge is 2.20. The summed E-state index contributed by atoms with van der Waals surface area (Å²) in [5.41, 5.74) is 1.23. The number of aliphatic carboxylic acids is 3. The Balaban J connectivity index is 2.39. The van der Waals surface area contributed by atoms with Crippen molar-refractivity contribution in [1.29, 1.82) is 0 Å². The summed E-state index contributed by atoms with van der Waals surface area (Å²) in [6.45, 7) is -0.351. The molecule has 13 nitrogen and oxygen atoms in total. The Bertz CT molecular complexity index is 801. The number of pyridine rings is 1. The van der Waals surface area contributed by atoms with Gasteiger partial charge in [-0.15, -0.1) is 0 Å². The Hall–Kier alpha value is -3.13. The fraction of sp³-hybridized carbons (Fsp3) is 0.526. The predicted molar refractivity (Wildman–Crippen MR) is 110 cm³/mol. The van der Waals surface area contributed by atoms with Gasteiger partial charge in [0.05, 0.1) is 31.0 Å². The van der Waals surface area contributed by atoms with E-state index in [1.807, 2.05) is 0 Å². The van der Waals surface area contributed by atoms with Gasteiger partial charge in [-0.05, 0) is 12.1 Å². The molecule has 1 aromatic rings. The summed E-state index contributed by atoms with van der Waals surface area (Å²) in [5, 5.41) is 39.2. The lowest BCUT2D eigenvalue weighted by Crippen LogP contribution is -2.44. The van der Waals surface area contributed by atoms with E-state index in [1.54, 1.807) is 26.8 Å². The van der Waals surface area contributed by atoms with Crippen molar-refractivity contribution in [3.05, 3.63) is 23.5 Å². The van der Waals surface area contributed by atoms with Gasteiger partial charge in [0, 0.05) is 45.0 Å². The minimum absolute atomic E-state index is 0.113. The summed E-state index contributed by atoms with van der Waals surface area (Å²) in [7, 11) is 0. The molecule has 0 unspecified atom stereocenters. The quantitative estimate of drug-likeness (QED) is 0.298. The summed E-state index contributed by atoms with van der Waals surface area (Å²) in [4.78, 5) is 54.8. The number of anilines is 1. The van der Waals surface area contributed by atoms with E-state index >= 15 is 0 Å². The standard InChI is InChI=1S/C19H27N5O8/c25-12-16(26)21-13-5-14-7-23(10-18(29)30)3-1-22(9-17(27)28)2-4-24(11-19(31)32)8-15(6-13)20-14/h5-6,25H,1-4,7-12H2,(H,27,28)(H,29,30)(H,31,32)(H,20,21,26). The molecule has 0 saturated carbocycles. The van der Waals surface area contributed by atoms with Gasteiger partial charge in [-0.2, -0.15) is 0 Å². The molecule has 32 heavy (non-hydrogen) atoms. The molecule has 13 heteroatoms. The van der Waals surface area contributed by atoms with Crippen LogP contribution in [0.1, 0.15) is 11.4 Å². The Morgan fingerprint density at radius 1 is 0.781 bits per heavy atom. The Morgan fingerprint density at radius 2 is 1.19 bits per heavy atom. The second-order valence-corrected chi connectivity index (χ2v) is 7.42. The molecule has 1 aliphatic heterocycles. The number of aromatic nitrogens is 1. The molecule has 5 N–H and O–H groups in total. The van der Waals surface area contributed by atoms with Crippen molar-refractivity contribution in [3.63, 3.8) is 0 Å². The number of amides is 1. The molecule has 0 fully saturated rings. The molecular formula is C19H27N5O8. The second-order valence-electron chi connectivity index (χ2n) is 7.42. The number of aliphatic hydroxyl groups excluding tert-OH is 1. The molecule has 2 bridgehead atoms. The lowest BCUT2D eigenvalue weighted by molar-refractivity contribution is -0.140. The van der Waals surface area contributed by atoms with E-state index in [0.29, 0.717) is 17.1 Å². The van der Waals surface area contributed by atoms with Crippen LogP contribution in [0.4, 0.5) is 5.69 Å². The van der Waals surface area contributed by atoms with Gasteiger partial charge in [0.15, 0.2) is 0 Å². The van der Waals surface area contributed by atoms with E-state index in [4.69, 9.17) is 5.11 Å². The van der Waals surface area contributed by atoms with Crippen LogP contribution in [0.3, 0.4) is 0 Å². The highest BCUT2D eigenvalue weighted by atomic mass is 16.4. The molecule has 0 atom stereocenters. The van der Waals surface area contributed by atoms with Crippen LogP contribution in [0.5, 0.6) is 0 Å². The lowest BCUT2D eigenvalue weighted by atomic mass is 10.2. The van der Waals surface area contributed by atoms with Crippen LogP contribution < -0.4 is 5.32 Å². The smallest absolute Gasteiger partial charge is 0.317 e. The highest BCUT2D eigenvalue weighted by molar-refractivity contribution is 5.91. The van der Waals surface area contributed by atoms with Crippen LogP contribution in [-0.2, 0) is 32.3 Å². The molecule has 1 aliphatic rings. The lowest BCUT2D eigenvalue weighted by Gasteiger charge is -2.29. The van der Waals surface area contributed by atoms with Gasteiger partial charge in [-0.3, -0.25) is 38.9 Å². The SMILES string of the molecule is O=C(O)CN1CCN(CC(=O)O)Cc2cc(NC(=O)CO)cc(n2)CN(CC(=O)O)CC1. The van der Waals surface area contributed by atoms with Gasteiger partial charge in [0.2, 0.25) is 5.91 Å². The van der Waals surface area contributed by atoms with E-state index in [0.717, 1.165) is 0 Å². The summed E-state index contributed by atoms with van der Waals surface area (Å²) in [6, 6.07) is 3.10. The normalized spacial score (nSPS) is 16.5. The number of nitrogens with zero attached hydrogens (tertiary/aromatic N) is 4. The number of rotatable bonds is 8. The van der Waals surface area contributed by atoms with E-state index in [9.17, 15) is 34.5 Å². The first-order chi connectivity index (χ1) is 15.1. The van der Waals surface area contributed by atoms with E-state index in [1.165, 1.54) is 0 Å². The maximum absolute atomic E-state index is 11.6. The zero-order valence-electron chi connectivity index (χ0n) is 17.4. The van der Waals surface area contributed by atoms with Crippen molar-refractivity contribution >= 4 is 29.5 Å². The minimum atomic E-state index is -1.06. The molecule has 1 aromatic heterocycles. The number of aliphatic hydroxyl groups is 1. The zero-order chi connectivity index (χ0) is 23.7. The summed E-state index contributed by atoms with van der Waals surface area (Å²) < 4.78 is 0. The highest BCUT2D eigenvalue weighted by Crippen LogP contribution is 2.16. The summed E-state index contributed by atoms with van der Waals surface area (Å²) in [5.74, 6) is -3.79. The summed E-state index contributed by atoms with van der Waals surface area (Å²) >= 11 is 0.